The van der Waals surface area contributed by atoms with Crippen molar-refractivity contribution in [1.29, 1.82) is 0 Å². The molecule has 0 aliphatic carbocycles. The average molecular weight is 305 g/mol. The maximum Gasteiger partial charge on any atom is 0.265 e. The van der Waals surface area contributed by atoms with Gasteiger partial charge in [-0.1, -0.05) is 0 Å². The molecule has 2 atom stereocenters. The fourth-order valence-electron chi connectivity index (χ4n) is 2.46. The first-order valence-electron chi connectivity index (χ1n) is 7.35. The molecule has 0 radical (unpaired) electrons. The van der Waals surface area contributed by atoms with Crippen molar-refractivity contribution in [3.05, 3.63) is 18.2 Å². The molecule has 2 heterocycles. The fraction of sp³-hybridized carbons (Fsp3) is 0.467. The van der Waals surface area contributed by atoms with Crippen molar-refractivity contribution < 1.29 is 19.1 Å². The van der Waals surface area contributed by atoms with Crippen molar-refractivity contribution in [2.75, 3.05) is 30.3 Å². The van der Waals surface area contributed by atoms with Crippen molar-refractivity contribution in [3.63, 3.8) is 0 Å². The van der Waals surface area contributed by atoms with Gasteiger partial charge in [0.15, 0.2) is 6.10 Å². The van der Waals surface area contributed by atoms with Crippen LogP contribution in [0.1, 0.15) is 13.3 Å². The van der Waals surface area contributed by atoms with Crippen LogP contribution in [0.5, 0.6) is 5.75 Å². The monoisotopic (exact) mass is 305 g/mol. The van der Waals surface area contributed by atoms with E-state index in [-0.39, 0.29) is 17.9 Å². The third kappa shape index (κ3) is 3.37. The molecule has 3 N–H and O–H groups in total. The summed E-state index contributed by atoms with van der Waals surface area (Å²) in [5.41, 5.74) is 1.18. The van der Waals surface area contributed by atoms with Gasteiger partial charge in [-0.2, -0.15) is 0 Å². The normalized spacial score (nSPS) is 24.0. The first kappa shape index (κ1) is 14.8. The van der Waals surface area contributed by atoms with Gasteiger partial charge in [0, 0.05) is 18.8 Å². The van der Waals surface area contributed by atoms with E-state index in [4.69, 9.17) is 9.47 Å². The number of morpholine rings is 1. The number of ether oxygens (including phenoxy) is 2. The number of anilines is 2. The molecule has 1 aromatic rings. The number of nitrogens with one attached hydrogen (secondary N) is 3. The smallest absolute Gasteiger partial charge is 0.265 e. The van der Waals surface area contributed by atoms with Crippen LogP contribution >= 0.6 is 0 Å². The Kier molecular flexibility index (Phi) is 4.26. The minimum absolute atomic E-state index is 0.102. The minimum Gasteiger partial charge on any atom is -0.479 e. The Labute approximate surface area is 128 Å². The quantitative estimate of drug-likeness (QED) is 0.766. The Hall–Kier alpha value is -2.12. The second-order valence-corrected chi connectivity index (χ2v) is 5.41. The molecule has 3 rings (SSSR count). The summed E-state index contributed by atoms with van der Waals surface area (Å²) in [4.78, 5) is 23.6. The summed E-state index contributed by atoms with van der Waals surface area (Å²) in [6.45, 7) is 3.81. The fourth-order valence-corrected chi connectivity index (χ4v) is 2.46. The summed E-state index contributed by atoms with van der Waals surface area (Å²) in [6.07, 6.45) is -0.316. The Morgan fingerprint density at radius 3 is 3.09 bits per heavy atom. The first-order chi connectivity index (χ1) is 10.6. The largest absolute Gasteiger partial charge is 0.479 e. The number of carbonyl (C=O) groups excluding carboxylic acids is 2. The number of hydrogen-bond donors (Lipinski definition) is 3. The number of amides is 2. The van der Waals surface area contributed by atoms with Crippen LogP contribution in [0, 0.1) is 0 Å². The lowest BCUT2D eigenvalue weighted by Crippen LogP contribution is -2.40. The molecule has 7 nitrogen and oxygen atoms in total. The zero-order valence-electron chi connectivity index (χ0n) is 12.3. The summed E-state index contributed by atoms with van der Waals surface area (Å²) >= 11 is 0. The van der Waals surface area contributed by atoms with E-state index in [1.54, 1.807) is 25.1 Å². The SMILES string of the molecule is CC1Oc2ccc(NC(=O)CC3CNCCO3)cc2NC1=O. The zero-order valence-corrected chi connectivity index (χ0v) is 12.3. The van der Waals surface area contributed by atoms with E-state index in [2.05, 4.69) is 16.0 Å². The molecule has 1 aromatic carbocycles. The molecule has 0 spiro atoms. The van der Waals surface area contributed by atoms with E-state index in [1.165, 1.54) is 0 Å². The van der Waals surface area contributed by atoms with E-state index in [9.17, 15) is 9.59 Å². The molecule has 1 saturated heterocycles. The van der Waals surface area contributed by atoms with Crippen LogP contribution in [-0.2, 0) is 14.3 Å². The van der Waals surface area contributed by atoms with Crippen LogP contribution in [-0.4, -0.2) is 43.7 Å². The molecular formula is C15H19N3O4. The van der Waals surface area contributed by atoms with E-state index in [1.807, 2.05) is 0 Å². The van der Waals surface area contributed by atoms with Crippen molar-refractivity contribution in [1.82, 2.24) is 5.32 Å². The number of carbonyl (C=O) groups is 2. The molecule has 1 fully saturated rings. The molecule has 2 aliphatic heterocycles. The second-order valence-electron chi connectivity index (χ2n) is 5.41. The van der Waals surface area contributed by atoms with Crippen LogP contribution in [0.2, 0.25) is 0 Å². The Balaban J connectivity index is 1.62. The summed E-state index contributed by atoms with van der Waals surface area (Å²) in [5, 5.41) is 8.75. The van der Waals surface area contributed by atoms with Crippen LogP contribution < -0.4 is 20.7 Å². The highest BCUT2D eigenvalue weighted by molar-refractivity contribution is 5.99. The van der Waals surface area contributed by atoms with Crippen LogP contribution in [0.4, 0.5) is 11.4 Å². The summed E-state index contributed by atoms with van der Waals surface area (Å²) in [6, 6.07) is 5.18. The average Bonchev–Trinajstić information content (AvgIpc) is 2.49. The molecule has 2 amide bonds. The molecule has 118 valence electrons. The molecule has 2 unspecified atom stereocenters. The maximum atomic E-state index is 12.0. The van der Waals surface area contributed by atoms with Crippen molar-refractivity contribution >= 4 is 23.2 Å². The predicted octanol–water partition coefficient (Wildman–Crippen LogP) is 0.723. The third-order valence-electron chi connectivity index (χ3n) is 3.61. The second kappa shape index (κ2) is 6.33. The van der Waals surface area contributed by atoms with Gasteiger partial charge in [-0.15, -0.1) is 0 Å². The highest BCUT2D eigenvalue weighted by Gasteiger charge is 2.24. The van der Waals surface area contributed by atoms with E-state index in [0.717, 1.165) is 6.54 Å². The Bertz CT molecular complexity index is 584. The molecule has 0 aromatic heterocycles. The molecule has 22 heavy (non-hydrogen) atoms. The van der Waals surface area contributed by atoms with Gasteiger partial charge in [-0.05, 0) is 25.1 Å². The van der Waals surface area contributed by atoms with Gasteiger partial charge >= 0.3 is 0 Å². The lowest BCUT2D eigenvalue weighted by molar-refractivity contribution is -0.122. The Morgan fingerprint density at radius 1 is 1.45 bits per heavy atom. The number of rotatable bonds is 3. The highest BCUT2D eigenvalue weighted by Crippen LogP contribution is 2.32. The topological polar surface area (TPSA) is 88.7 Å². The van der Waals surface area contributed by atoms with E-state index < -0.39 is 6.10 Å². The van der Waals surface area contributed by atoms with Crippen molar-refractivity contribution in [3.8, 4) is 5.75 Å². The van der Waals surface area contributed by atoms with Crippen molar-refractivity contribution in [2.45, 2.75) is 25.6 Å². The molecular weight excluding hydrogens is 286 g/mol. The van der Waals surface area contributed by atoms with Gasteiger partial charge in [0.25, 0.3) is 5.91 Å². The highest BCUT2D eigenvalue weighted by atomic mass is 16.5. The van der Waals surface area contributed by atoms with Gasteiger partial charge in [-0.3, -0.25) is 9.59 Å². The van der Waals surface area contributed by atoms with Gasteiger partial charge in [0.05, 0.1) is 24.8 Å². The summed E-state index contributed by atoms with van der Waals surface area (Å²) in [7, 11) is 0. The summed E-state index contributed by atoms with van der Waals surface area (Å²) in [5.74, 6) is 0.285. The van der Waals surface area contributed by atoms with Gasteiger partial charge in [0.1, 0.15) is 5.75 Å². The lowest BCUT2D eigenvalue weighted by Gasteiger charge is -2.24. The zero-order chi connectivity index (χ0) is 15.5. The number of benzene rings is 1. The van der Waals surface area contributed by atoms with E-state index in [0.29, 0.717) is 36.7 Å². The maximum absolute atomic E-state index is 12.0. The van der Waals surface area contributed by atoms with Gasteiger partial charge in [0.2, 0.25) is 5.91 Å². The minimum atomic E-state index is -0.510. The number of hydrogen-bond acceptors (Lipinski definition) is 5. The van der Waals surface area contributed by atoms with Crippen molar-refractivity contribution in [2.24, 2.45) is 0 Å². The molecule has 0 bridgehead atoms. The van der Waals surface area contributed by atoms with Crippen LogP contribution in [0.15, 0.2) is 18.2 Å². The molecule has 7 heteroatoms. The lowest BCUT2D eigenvalue weighted by atomic mass is 10.2. The third-order valence-corrected chi connectivity index (χ3v) is 3.61. The van der Waals surface area contributed by atoms with Crippen LogP contribution in [0.3, 0.4) is 0 Å². The predicted molar refractivity (Wildman–Crippen MR) is 81.0 cm³/mol. The van der Waals surface area contributed by atoms with Gasteiger partial charge < -0.3 is 25.4 Å². The Morgan fingerprint density at radius 2 is 2.32 bits per heavy atom. The molecule has 2 aliphatic rings. The first-order valence-corrected chi connectivity index (χ1v) is 7.35. The van der Waals surface area contributed by atoms with Gasteiger partial charge in [-0.25, -0.2) is 0 Å². The van der Waals surface area contributed by atoms with Crippen LogP contribution in [0.25, 0.3) is 0 Å². The van der Waals surface area contributed by atoms with E-state index >= 15 is 0 Å². The summed E-state index contributed by atoms with van der Waals surface area (Å²) < 4.78 is 11.0. The molecule has 0 saturated carbocycles. The standard InChI is InChI=1S/C15H19N3O4/c1-9-15(20)18-12-6-10(2-3-13(12)22-9)17-14(19)7-11-8-16-4-5-21-11/h2-3,6,9,11,16H,4-5,7-8H2,1H3,(H,17,19)(H,18,20). The number of fused-ring (bicyclic) bond motifs is 1.